The van der Waals surface area contributed by atoms with E-state index < -0.39 is 0 Å². The summed E-state index contributed by atoms with van der Waals surface area (Å²) in [6.45, 7) is 6.20. The molecule has 0 aliphatic heterocycles. The molecule has 1 rings (SSSR count). The average Bonchev–Trinajstić information content (AvgIpc) is 2.71. The van der Waals surface area contributed by atoms with E-state index in [9.17, 15) is 0 Å². The minimum absolute atomic E-state index is 0.507. The molecule has 3 heteroatoms. The van der Waals surface area contributed by atoms with Crippen LogP contribution in [0, 0.1) is 5.92 Å². The lowest BCUT2D eigenvalue weighted by molar-refractivity contribution is 0.149. The molecule has 92 valence electrons. The second-order valence-corrected chi connectivity index (χ2v) is 4.39. The molecule has 0 spiro atoms. The number of rotatable bonds is 8. The van der Waals surface area contributed by atoms with Gasteiger partial charge < -0.3 is 14.5 Å². The molecule has 2 unspecified atom stereocenters. The maximum Gasteiger partial charge on any atom is 0.0935 e. The molecule has 2 atom stereocenters. The van der Waals surface area contributed by atoms with E-state index in [1.54, 1.807) is 13.4 Å². The summed E-state index contributed by atoms with van der Waals surface area (Å²) < 4.78 is 10.3. The molecular formula is C13H23NO2. The number of hydrogen-bond donors (Lipinski definition) is 1. The molecule has 1 heterocycles. The molecular weight excluding hydrogens is 202 g/mol. The summed E-state index contributed by atoms with van der Waals surface area (Å²) in [5, 5.41) is 3.51. The number of hydrogen-bond acceptors (Lipinski definition) is 3. The molecule has 16 heavy (non-hydrogen) atoms. The Bertz CT molecular complexity index is 259. The van der Waals surface area contributed by atoms with Crippen LogP contribution in [0.3, 0.4) is 0 Å². The molecule has 0 aliphatic carbocycles. The van der Waals surface area contributed by atoms with Crippen molar-refractivity contribution in [3.05, 3.63) is 24.2 Å². The molecule has 1 N–H and O–H groups in total. The van der Waals surface area contributed by atoms with Crippen LogP contribution in [0.2, 0.25) is 0 Å². The Morgan fingerprint density at radius 1 is 1.50 bits per heavy atom. The van der Waals surface area contributed by atoms with E-state index in [1.165, 1.54) is 5.56 Å². The first-order chi connectivity index (χ1) is 7.76. The van der Waals surface area contributed by atoms with Crippen LogP contribution >= 0.6 is 0 Å². The predicted octanol–water partition coefficient (Wildman–Crippen LogP) is 2.47. The van der Waals surface area contributed by atoms with Gasteiger partial charge in [-0.1, -0.05) is 13.8 Å². The van der Waals surface area contributed by atoms with Crippen molar-refractivity contribution in [2.75, 3.05) is 20.3 Å². The van der Waals surface area contributed by atoms with Gasteiger partial charge in [-0.15, -0.1) is 0 Å². The van der Waals surface area contributed by atoms with Gasteiger partial charge >= 0.3 is 0 Å². The molecule has 0 saturated carbocycles. The van der Waals surface area contributed by atoms with Crippen molar-refractivity contribution in [3.63, 3.8) is 0 Å². The van der Waals surface area contributed by atoms with Gasteiger partial charge in [0.05, 0.1) is 12.5 Å². The Hall–Kier alpha value is -0.800. The third kappa shape index (κ3) is 4.81. The van der Waals surface area contributed by atoms with Crippen LogP contribution in [0.25, 0.3) is 0 Å². The lowest BCUT2D eigenvalue weighted by atomic mass is 9.98. The quantitative estimate of drug-likeness (QED) is 0.738. The van der Waals surface area contributed by atoms with Crippen molar-refractivity contribution in [2.24, 2.45) is 5.92 Å². The minimum Gasteiger partial charge on any atom is -0.472 e. The molecule has 0 fully saturated rings. The van der Waals surface area contributed by atoms with Gasteiger partial charge in [0.25, 0.3) is 0 Å². The summed E-state index contributed by atoms with van der Waals surface area (Å²) in [5.74, 6) is 0.584. The minimum atomic E-state index is 0.507. The van der Waals surface area contributed by atoms with E-state index in [4.69, 9.17) is 9.15 Å². The van der Waals surface area contributed by atoms with Gasteiger partial charge in [0.1, 0.15) is 0 Å². The molecule has 0 amide bonds. The Labute approximate surface area is 98.2 Å². The summed E-state index contributed by atoms with van der Waals surface area (Å²) >= 11 is 0. The summed E-state index contributed by atoms with van der Waals surface area (Å²) in [4.78, 5) is 0. The van der Waals surface area contributed by atoms with E-state index in [2.05, 4.69) is 19.2 Å². The lowest BCUT2D eigenvalue weighted by Crippen LogP contribution is -2.33. The van der Waals surface area contributed by atoms with E-state index in [0.717, 1.165) is 26.0 Å². The number of nitrogens with one attached hydrogen (secondary N) is 1. The second kappa shape index (κ2) is 7.47. The lowest BCUT2D eigenvalue weighted by Gasteiger charge is -2.20. The van der Waals surface area contributed by atoms with Crippen LogP contribution in [-0.4, -0.2) is 26.3 Å². The highest BCUT2D eigenvalue weighted by atomic mass is 16.5. The SMILES string of the molecule is CCNC(Cc1ccoc1)CC(C)COC. The fourth-order valence-corrected chi connectivity index (χ4v) is 2.06. The van der Waals surface area contributed by atoms with Crippen LogP contribution in [-0.2, 0) is 11.2 Å². The Kier molecular flexibility index (Phi) is 6.19. The second-order valence-electron chi connectivity index (χ2n) is 4.39. The normalized spacial score (nSPS) is 14.9. The number of furan rings is 1. The summed E-state index contributed by atoms with van der Waals surface area (Å²) in [6.07, 6.45) is 5.72. The van der Waals surface area contributed by atoms with Gasteiger partial charge in [-0.05, 0) is 36.9 Å². The molecule has 0 saturated heterocycles. The highest BCUT2D eigenvalue weighted by Gasteiger charge is 2.13. The maximum atomic E-state index is 5.17. The monoisotopic (exact) mass is 225 g/mol. The van der Waals surface area contributed by atoms with E-state index in [0.29, 0.717) is 12.0 Å². The fraction of sp³-hybridized carbons (Fsp3) is 0.692. The fourth-order valence-electron chi connectivity index (χ4n) is 2.06. The summed E-state index contributed by atoms with van der Waals surface area (Å²) in [7, 11) is 1.76. The molecule has 3 nitrogen and oxygen atoms in total. The van der Waals surface area contributed by atoms with Gasteiger partial charge in [-0.3, -0.25) is 0 Å². The molecule has 1 aromatic heterocycles. The smallest absolute Gasteiger partial charge is 0.0935 e. The Morgan fingerprint density at radius 3 is 2.88 bits per heavy atom. The molecule has 1 aromatic rings. The molecule has 0 radical (unpaired) electrons. The van der Waals surface area contributed by atoms with Crippen LogP contribution in [0.5, 0.6) is 0 Å². The third-order valence-corrected chi connectivity index (χ3v) is 2.69. The third-order valence-electron chi connectivity index (χ3n) is 2.69. The number of methoxy groups -OCH3 is 1. The zero-order valence-corrected chi connectivity index (χ0v) is 10.5. The van der Waals surface area contributed by atoms with Gasteiger partial charge in [0.2, 0.25) is 0 Å². The average molecular weight is 225 g/mol. The van der Waals surface area contributed by atoms with Crippen molar-refractivity contribution in [1.82, 2.24) is 5.32 Å². The first-order valence-corrected chi connectivity index (χ1v) is 5.99. The Morgan fingerprint density at radius 2 is 2.31 bits per heavy atom. The molecule has 0 bridgehead atoms. The topological polar surface area (TPSA) is 34.4 Å². The van der Waals surface area contributed by atoms with Gasteiger partial charge in [0, 0.05) is 19.8 Å². The molecule has 0 aromatic carbocycles. The Balaban J connectivity index is 2.40. The van der Waals surface area contributed by atoms with Crippen LogP contribution in [0.4, 0.5) is 0 Å². The van der Waals surface area contributed by atoms with Crippen LogP contribution < -0.4 is 5.32 Å². The zero-order chi connectivity index (χ0) is 11.8. The van der Waals surface area contributed by atoms with Gasteiger partial charge in [-0.25, -0.2) is 0 Å². The van der Waals surface area contributed by atoms with E-state index in [1.807, 2.05) is 12.3 Å². The predicted molar refractivity (Wildman–Crippen MR) is 65.5 cm³/mol. The molecule has 0 aliphatic rings. The van der Waals surface area contributed by atoms with Crippen molar-refractivity contribution < 1.29 is 9.15 Å². The standard InChI is InChI=1S/C13H23NO2/c1-4-14-13(7-11(2)9-15-3)8-12-5-6-16-10-12/h5-6,10-11,13-14H,4,7-9H2,1-3H3. The first-order valence-electron chi connectivity index (χ1n) is 5.99. The highest BCUT2D eigenvalue weighted by Crippen LogP contribution is 2.12. The highest BCUT2D eigenvalue weighted by molar-refractivity contribution is 5.07. The maximum absolute atomic E-state index is 5.17. The first kappa shape index (κ1) is 13.3. The largest absolute Gasteiger partial charge is 0.472 e. The van der Waals surface area contributed by atoms with E-state index in [-0.39, 0.29) is 0 Å². The number of ether oxygens (including phenoxy) is 1. The summed E-state index contributed by atoms with van der Waals surface area (Å²) in [5.41, 5.74) is 1.26. The van der Waals surface area contributed by atoms with Crippen molar-refractivity contribution in [1.29, 1.82) is 0 Å². The van der Waals surface area contributed by atoms with Crippen LogP contribution in [0.15, 0.2) is 23.0 Å². The zero-order valence-electron chi connectivity index (χ0n) is 10.5. The van der Waals surface area contributed by atoms with Crippen LogP contribution in [0.1, 0.15) is 25.8 Å². The van der Waals surface area contributed by atoms with Crippen molar-refractivity contribution in [2.45, 2.75) is 32.7 Å². The van der Waals surface area contributed by atoms with E-state index >= 15 is 0 Å². The van der Waals surface area contributed by atoms with Crippen molar-refractivity contribution >= 4 is 0 Å². The van der Waals surface area contributed by atoms with Crippen molar-refractivity contribution in [3.8, 4) is 0 Å². The number of likely N-dealkylation sites (N-methyl/N-ethyl adjacent to an activating group) is 1. The van der Waals surface area contributed by atoms with Gasteiger partial charge in [-0.2, -0.15) is 0 Å². The summed E-state index contributed by atoms with van der Waals surface area (Å²) in [6, 6.07) is 2.54. The van der Waals surface area contributed by atoms with Gasteiger partial charge in [0.15, 0.2) is 0 Å².